The Bertz CT molecular complexity index is 485. The van der Waals surface area contributed by atoms with Crippen LogP contribution in [-0.2, 0) is 6.54 Å². The van der Waals surface area contributed by atoms with Crippen LogP contribution in [0.4, 0.5) is 0 Å². The minimum atomic E-state index is -0.908. The van der Waals surface area contributed by atoms with Crippen molar-refractivity contribution in [1.29, 1.82) is 0 Å². The number of thiocarbonyl (C=S) groups is 1. The molecule has 0 aromatic heterocycles. The zero-order chi connectivity index (χ0) is 14.4. The van der Waals surface area contributed by atoms with Crippen molar-refractivity contribution in [3.63, 3.8) is 0 Å². The monoisotopic (exact) mass is 292 g/mol. The zero-order valence-electron chi connectivity index (χ0n) is 11.4. The van der Waals surface area contributed by atoms with E-state index >= 15 is 0 Å². The van der Waals surface area contributed by atoms with Gasteiger partial charge in [-0.2, -0.15) is 0 Å². The van der Waals surface area contributed by atoms with Crippen LogP contribution < -0.4 is 10.6 Å². The molecule has 0 bridgehead atoms. The molecule has 1 aliphatic carbocycles. The fraction of sp³-hybridized carbons (Fsp3) is 0.467. The highest BCUT2D eigenvalue weighted by atomic mass is 32.1. The van der Waals surface area contributed by atoms with Gasteiger partial charge in [0, 0.05) is 12.6 Å². The third-order valence-corrected chi connectivity index (χ3v) is 3.83. The quantitative estimate of drug-likeness (QED) is 0.745. The number of benzene rings is 1. The molecule has 20 heavy (non-hydrogen) atoms. The molecule has 5 heteroatoms. The van der Waals surface area contributed by atoms with Crippen LogP contribution in [0.25, 0.3) is 0 Å². The molecule has 0 saturated heterocycles. The van der Waals surface area contributed by atoms with Crippen molar-refractivity contribution in [1.82, 2.24) is 10.6 Å². The van der Waals surface area contributed by atoms with Gasteiger partial charge in [-0.1, -0.05) is 31.4 Å². The van der Waals surface area contributed by atoms with Crippen molar-refractivity contribution < 1.29 is 9.90 Å². The molecular formula is C15H20N2O2S. The molecule has 3 N–H and O–H groups in total. The molecule has 0 amide bonds. The summed E-state index contributed by atoms with van der Waals surface area (Å²) < 4.78 is 0. The van der Waals surface area contributed by atoms with Crippen molar-refractivity contribution in [2.75, 3.05) is 0 Å². The van der Waals surface area contributed by atoms with Crippen LogP contribution >= 0.6 is 12.2 Å². The van der Waals surface area contributed by atoms with E-state index in [9.17, 15) is 4.79 Å². The van der Waals surface area contributed by atoms with Crippen LogP contribution in [0.5, 0.6) is 0 Å². The van der Waals surface area contributed by atoms with E-state index in [1.165, 1.54) is 32.1 Å². The minimum Gasteiger partial charge on any atom is -0.478 e. The Morgan fingerprint density at radius 3 is 2.75 bits per heavy atom. The molecule has 1 saturated carbocycles. The Balaban J connectivity index is 1.80. The van der Waals surface area contributed by atoms with Gasteiger partial charge in [-0.15, -0.1) is 0 Å². The molecule has 1 fully saturated rings. The van der Waals surface area contributed by atoms with Crippen LogP contribution in [-0.4, -0.2) is 22.2 Å². The number of aromatic carboxylic acids is 1. The van der Waals surface area contributed by atoms with Gasteiger partial charge in [0.1, 0.15) is 0 Å². The number of nitrogens with one attached hydrogen (secondary N) is 2. The van der Waals surface area contributed by atoms with Gasteiger partial charge in [0.15, 0.2) is 5.11 Å². The summed E-state index contributed by atoms with van der Waals surface area (Å²) in [6.45, 7) is 0.541. The van der Waals surface area contributed by atoms with Crippen LogP contribution in [0.3, 0.4) is 0 Å². The Morgan fingerprint density at radius 1 is 1.30 bits per heavy atom. The number of hydrogen-bond acceptors (Lipinski definition) is 2. The van der Waals surface area contributed by atoms with Gasteiger partial charge in [0.05, 0.1) is 5.56 Å². The first kappa shape index (κ1) is 14.8. The van der Waals surface area contributed by atoms with Crippen LogP contribution in [0, 0.1) is 0 Å². The molecule has 4 nitrogen and oxygen atoms in total. The lowest BCUT2D eigenvalue weighted by atomic mass is 9.96. The Kier molecular flexibility index (Phi) is 5.35. The lowest BCUT2D eigenvalue weighted by Gasteiger charge is -2.24. The van der Waals surface area contributed by atoms with Crippen molar-refractivity contribution in [2.24, 2.45) is 0 Å². The lowest BCUT2D eigenvalue weighted by molar-refractivity contribution is 0.0697. The lowest BCUT2D eigenvalue weighted by Crippen LogP contribution is -2.42. The number of carboxylic acids is 1. The molecular weight excluding hydrogens is 272 g/mol. The maximum absolute atomic E-state index is 10.9. The second-order valence-electron chi connectivity index (χ2n) is 5.17. The summed E-state index contributed by atoms with van der Waals surface area (Å²) in [7, 11) is 0. The minimum absolute atomic E-state index is 0.301. The van der Waals surface area contributed by atoms with E-state index in [1.54, 1.807) is 18.2 Å². The average molecular weight is 292 g/mol. The predicted molar refractivity (Wildman–Crippen MR) is 82.8 cm³/mol. The number of carboxylic acid groups (broad SMARTS) is 1. The van der Waals surface area contributed by atoms with Gasteiger partial charge in [-0.25, -0.2) is 4.79 Å². The Morgan fingerprint density at radius 2 is 2.05 bits per heavy atom. The molecule has 1 aliphatic rings. The van der Waals surface area contributed by atoms with E-state index in [0.717, 1.165) is 5.56 Å². The van der Waals surface area contributed by atoms with Crippen LogP contribution in [0.15, 0.2) is 24.3 Å². The van der Waals surface area contributed by atoms with Gasteiger partial charge >= 0.3 is 5.97 Å². The summed E-state index contributed by atoms with van der Waals surface area (Å²) >= 11 is 5.28. The van der Waals surface area contributed by atoms with Gasteiger partial charge in [0.25, 0.3) is 0 Å². The van der Waals surface area contributed by atoms with E-state index in [1.807, 2.05) is 6.07 Å². The summed E-state index contributed by atoms with van der Waals surface area (Å²) in [6, 6.07) is 7.37. The van der Waals surface area contributed by atoms with Crippen molar-refractivity contribution in [2.45, 2.75) is 44.7 Å². The second-order valence-corrected chi connectivity index (χ2v) is 5.58. The molecule has 0 radical (unpaired) electrons. The molecule has 2 rings (SSSR count). The van der Waals surface area contributed by atoms with Crippen molar-refractivity contribution in [3.8, 4) is 0 Å². The topological polar surface area (TPSA) is 61.4 Å². The molecule has 0 heterocycles. The average Bonchev–Trinajstić information content (AvgIpc) is 2.46. The van der Waals surface area contributed by atoms with E-state index in [0.29, 0.717) is 23.3 Å². The van der Waals surface area contributed by atoms with Gasteiger partial charge < -0.3 is 15.7 Å². The first-order valence-corrected chi connectivity index (χ1v) is 7.42. The smallest absolute Gasteiger partial charge is 0.335 e. The molecule has 0 aliphatic heterocycles. The summed E-state index contributed by atoms with van der Waals surface area (Å²) in [5.41, 5.74) is 1.22. The normalized spacial score (nSPS) is 15.6. The maximum atomic E-state index is 10.9. The van der Waals surface area contributed by atoms with Crippen molar-refractivity contribution in [3.05, 3.63) is 35.4 Å². The highest BCUT2D eigenvalue weighted by molar-refractivity contribution is 7.80. The molecule has 0 spiro atoms. The number of rotatable bonds is 4. The van der Waals surface area contributed by atoms with Gasteiger partial charge in [0.2, 0.25) is 0 Å². The zero-order valence-corrected chi connectivity index (χ0v) is 12.2. The van der Waals surface area contributed by atoms with Crippen molar-refractivity contribution >= 4 is 23.3 Å². The molecule has 1 aromatic carbocycles. The van der Waals surface area contributed by atoms with Gasteiger partial charge in [-0.3, -0.25) is 0 Å². The van der Waals surface area contributed by atoms with E-state index in [4.69, 9.17) is 17.3 Å². The summed E-state index contributed by atoms with van der Waals surface area (Å²) in [5, 5.41) is 16.1. The third kappa shape index (κ3) is 4.49. The molecule has 0 atom stereocenters. The first-order chi connectivity index (χ1) is 9.65. The number of carbonyl (C=O) groups is 1. The Hall–Kier alpha value is -1.62. The molecule has 1 aromatic rings. The number of hydrogen-bond donors (Lipinski definition) is 3. The van der Waals surface area contributed by atoms with E-state index in [-0.39, 0.29) is 0 Å². The third-order valence-electron chi connectivity index (χ3n) is 3.57. The second kappa shape index (κ2) is 7.24. The largest absolute Gasteiger partial charge is 0.478 e. The molecule has 0 unspecified atom stereocenters. The summed E-state index contributed by atoms with van der Waals surface area (Å²) in [4.78, 5) is 10.9. The van der Waals surface area contributed by atoms with Crippen LogP contribution in [0.1, 0.15) is 48.0 Å². The Labute approximate surface area is 124 Å². The SMILES string of the molecule is O=C(O)c1cccc(CNC(=S)NC2CCCCC2)c1. The highest BCUT2D eigenvalue weighted by Crippen LogP contribution is 2.17. The molecule has 108 valence electrons. The predicted octanol–water partition coefficient (Wildman–Crippen LogP) is 2.68. The van der Waals surface area contributed by atoms with E-state index < -0.39 is 5.97 Å². The highest BCUT2D eigenvalue weighted by Gasteiger charge is 2.13. The maximum Gasteiger partial charge on any atom is 0.335 e. The fourth-order valence-electron chi connectivity index (χ4n) is 2.48. The standard InChI is InChI=1S/C15H20N2O2S/c18-14(19)12-6-4-5-11(9-12)10-16-15(20)17-13-7-2-1-3-8-13/h4-6,9,13H,1-3,7-8,10H2,(H,18,19)(H2,16,17,20). The fourth-order valence-corrected chi connectivity index (χ4v) is 2.72. The summed E-state index contributed by atoms with van der Waals surface area (Å²) in [5.74, 6) is -0.908. The van der Waals surface area contributed by atoms with E-state index in [2.05, 4.69) is 10.6 Å². The summed E-state index contributed by atoms with van der Waals surface area (Å²) in [6.07, 6.45) is 6.20. The first-order valence-electron chi connectivity index (χ1n) is 7.02. The van der Waals surface area contributed by atoms with Gasteiger partial charge in [-0.05, 0) is 42.8 Å². The van der Waals surface area contributed by atoms with Crippen LogP contribution in [0.2, 0.25) is 0 Å².